The smallest absolute Gasteiger partial charge is 0.231 e. The number of piperidine rings is 1. The first-order chi connectivity index (χ1) is 11.1. The first kappa shape index (κ1) is 15.8. The zero-order valence-electron chi connectivity index (χ0n) is 13.0. The molecule has 0 bridgehead atoms. The van der Waals surface area contributed by atoms with Crippen molar-refractivity contribution >= 4 is 28.2 Å². The largest absolute Gasteiger partial charge is 0.369 e. The molecule has 0 aliphatic carbocycles. The Hall–Kier alpha value is -2.06. The molecule has 3 heterocycles. The minimum Gasteiger partial charge on any atom is -0.369 e. The average molecular weight is 332 g/mol. The molecule has 0 saturated carbocycles. The number of anilines is 2. The Morgan fingerprint density at radius 2 is 2.35 bits per heavy atom. The Kier molecular flexibility index (Phi) is 4.82. The molecule has 1 saturated heterocycles. The lowest BCUT2D eigenvalue weighted by molar-refractivity contribution is -0.120. The van der Waals surface area contributed by atoms with E-state index in [1.165, 1.54) is 11.3 Å². The first-order valence-corrected chi connectivity index (χ1v) is 8.54. The fraction of sp³-hybridized carbons (Fsp3) is 0.467. The molecule has 1 amide bonds. The number of hydrogen-bond donors (Lipinski definition) is 2. The number of thiazole rings is 1. The number of carbonyl (C=O) groups excluding carboxylic acids is 1. The van der Waals surface area contributed by atoms with Gasteiger partial charge < -0.3 is 11.1 Å². The van der Waals surface area contributed by atoms with Crippen LogP contribution in [0.1, 0.15) is 36.8 Å². The minimum absolute atomic E-state index is 0.0352. The zero-order valence-corrected chi connectivity index (χ0v) is 13.8. The van der Waals surface area contributed by atoms with Crippen LogP contribution in [0.3, 0.4) is 0 Å². The summed E-state index contributed by atoms with van der Waals surface area (Å²) in [6, 6.07) is 1.93. The number of amides is 1. The fourth-order valence-electron chi connectivity index (χ4n) is 2.87. The Balaban J connectivity index is 1.85. The molecule has 1 atom stereocenters. The van der Waals surface area contributed by atoms with Crippen molar-refractivity contribution in [2.24, 2.45) is 5.73 Å². The molecule has 1 aliphatic rings. The van der Waals surface area contributed by atoms with E-state index in [0.29, 0.717) is 0 Å². The van der Waals surface area contributed by atoms with Crippen molar-refractivity contribution < 1.29 is 4.79 Å². The van der Waals surface area contributed by atoms with E-state index in [-0.39, 0.29) is 18.5 Å². The normalized spacial score (nSPS) is 18.7. The number of nitrogens with zero attached hydrogens (tertiary/aromatic N) is 4. The van der Waals surface area contributed by atoms with Gasteiger partial charge in [0.25, 0.3) is 0 Å². The lowest BCUT2D eigenvalue weighted by Gasteiger charge is -2.33. The maximum Gasteiger partial charge on any atom is 0.231 e. The highest BCUT2D eigenvalue weighted by Gasteiger charge is 2.27. The van der Waals surface area contributed by atoms with Crippen LogP contribution < -0.4 is 11.1 Å². The van der Waals surface area contributed by atoms with Crippen LogP contribution in [-0.4, -0.2) is 38.8 Å². The molecule has 0 radical (unpaired) electrons. The van der Waals surface area contributed by atoms with E-state index in [9.17, 15) is 4.79 Å². The lowest BCUT2D eigenvalue weighted by Crippen LogP contribution is -2.40. The van der Waals surface area contributed by atoms with Crippen molar-refractivity contribution in [1.82, 2.24) is 19.9 Å². The summed E-state index contributed by atoms with van der Waals surface area (Å²) in [6.07, 6.45) is 4.86. The number of aryl methyl sites for hydroxylation is 1. The number of nitrogens with one attached hydrogen (secondary N) is 1. The monoisotopic (exact) mass is 332 g/mol. The van der Waals surface area contributed by atoms with Gasteiger partial charge in [0.1, 0.15) is 11.6 Å². The number of aromatic nitrogens is 3. The molecule has 2 aromatic heterocycles. The van der Waals surface area contributed by atoms with Crippen molar-refractivity contribution in [2.45, 2.75) is 32.2 Å². The van der Waals surface area contributed by atoms with Gasteiger partial charge in [-0.2, -0.15) is 0 Å². The highest BCUT2D eigenvalue weighted by Crippen LogP contribution is 2.29. The Bertz CT molecular complexity index is 675. The Morgan fingerprint density at radius 3 is 3.09 bits per heavy atom. The second-order valence-corrected chi connectivity index (χ2v) is 6.56. The van der Waals surface area contributed by atoms with Crippen molar-refractivity contribution in [3.63, 3.8) is 0 Å². The predicted octanol–water partition coefficient (Wildman–Crippen LogP) is 2.00. The van der Waals surface area contributed by atoms with Gasteiger partial charge in [-0.3, -0.25) is 9.69 Å². The van der Waals surface area contributed by atoms with E-state index < -0.39 is 0 Å². The number of likely N-dealkylation sites (tertiary alicyclic amines) is 1. The summed E-state index contributed by atoms with van der Waals surface area (Å²) in [4.78, 5) is 26.8. The van der Waals surface area contributed by atoms with Gasteiger partial charge in [-0.1, -0.05) is 6.42 Å². The highest BCUT2D eigenvalue weighted by molar-refractivity contribution is 7.13. The van der Waals surface area contributed by atoms with Crippen LogP contribution in [-0.2, 0) is 4.79 Å². The SMILES string of the molecule is Cc1cc(Nc2nccs2)nc(C2CCCCN2CC(N)=O)n1. The van der Waals surface area contributed by atoms with Crippen LogP contribution in [0.5, 0.6) is 0 Å². The summed E-state index contributed by atoms with van der Waals surface area (Å²) in [6.45, 7) is 3.04. The van der Waals surface area contributed by atoms with E-state index in [2.05, 4.69) is 25.2 Å². The van der Waals surface area contributed by atoms with E-state index >= 15 is 0 Å². The van der Waals surface area contributed by atoms with Gasteiger partial charge in [-0.25, -0.2) is 15.0 Å². The molecule has 122 valence electrons. The van der Waals surface area contributed by atoms with Crippen LogP contribution in [0.15, 0.2) is 17.6 Å². The van der Waals surface area contributed by atoms with Gasteiger partial charge in [-0.05, 0) is 26.3 Å². The number of nitrogens with two attached hydrogens (primary N) is 1. The molecule has 23 heavy (non-hydrogen) atoms. The van der Waals surface area contributed by atoms with Crippen LogP contribution >= 0.6 is 11.3 Å². The Labute approximate surface area is 139 Å². The van der Waals surface area contributed by atoms with Gasteiger partial charge >= 0.3 is 0 Å². The topological polar surface area (TPSA) is 97.0 Å². The quantitative estimate of drug-likeness (QED) is 0.869. The van der Waals surface area contributed by atoms with E-state index in [4.69, 9.17) is 5.73 Å². The minimum atomic E-state index is -0.314. The summed E-state index contributed by atoms with van der Waals surface area (Å²) in [5.41, 5.74) is 6.26. The summed E-state index contributed by atoms with van der Waals surface area (Å²) in [5.74, 6) is 1.16. The standard InChI is InChI=1S/C15H20N6OS/c1-10-8-13(20-15-17-5-7-23-15)19-14(18-10)11-4-2-3-6-21(11)9-12(16)22/h5,7-8,11H,2-4,6,9H2,1H3,(H2,16,22)(H,17,18,19,20). The lowest BCUT2D eigenvalue weighted by atomic mass is 10.0. The van der Waals surface area contributed by atoms with E-state index in [0.717, 1.165) is 48.3 Å². The summed E-state index contributed by atoms with van der Waals surface area (Å²) in [5, 5.41) is 5.91. The highest BCUT2D eigenvalue weighted by atomic mass is 32.1. The number of primary amides is 1. The summed E-state index contributed by atoms with van der Waals surface area (Å²) in [7, 11) is 0. The molecule has 0 aromatic carbocycles. The third kappa shape index (κ3) is 4.02. The second-order valence-electron chi connectivity index (χ2n) is 5.66. The van der Waals surface area contributed by atoms with Crippen LogP contribution in [0.2, 0.25) is 0 Å². The predicted molar refractivity (Wildman–Crippen MR) is 89.5 cm³/mol. The van der Waals surface area contributed by atoms with Gasteiger partial charge in [-0.15, -0.1) is 11.3 Å². The molecule has 1 aliphatic heterocycles. The third-order valence-electron chi connectivity index (χ3n) is 3.81. The van der Waals surface area contributed by atoms with E-state index in [1.807, 2.05) is 18.4 Å². The molecule has 0 spiro atoms. The fourth-order valence-corrected chi connectivity index (χ4v) is 3.41. The Morgan fingerprint density at radius 1 is 1.48 bits per heavy atom. The molecule has 3 rings (SSSR count). The van der Waals surface area contributed by atoms with Crippen molar-refractivity contribution in [1.29, 1.82) is 0 Å². The van der Waals surface area contributed by atoms with Gasteiger partial charge in [0.15, 0.2) is 5.13 Å². The molecular weight excluding hydrogens is 312 g/mol. The molecular formula is C15H20N6OS. The van der Waals surface area contributed by atoms with Crippen molar-refractivity contribution in [2.75, 3.05) is 18.4 Å². The van der Waals surface area contributed by atoms with Crippen LogP contribution in [0.25, 0.3) is 0 Å². The van der Waals surface area contributed by atoms with E-state index in [1.54, 1.807) is 6.20 Å². The molecule has 2 aromatic rings. The molecule has 1 fully saturated rings. The first-order valence-electron chi connectivity index (χ1n) is 7.66. The summed E-state index contributed by atoms with van der Waals surface area (Å²) < 4.78 is 0. The number of hydrogen-bond acceptors (Lipinski definition) is 7. The van der Waals surface area contributed by atoms with Gasteiger partial charge in [0, 0.05) is 23.3 Å². The van der Waals surface area contributed by atoms with Crippen molar-refractivity contribution in [3.05, 3.63) is 29.2 Å². The third-order valence-corrected chi connectivity index (χ3v) is 4.50. The van der Waals surface area contributed by atoms with Gasteiger partial charge in [0.2, 0.25) is 5.91 Å². The molecule has 7 nitrogen and oxygen atoms in total. The maximum atomic E-state index is 11.3. The number of rotatable bonds is 5. The number of carbonyl (C=O) groups is 1. The average Bonchev–Trinajstić information content (AvgIpc) is 2.99. The van der Waals surface area contributed by atoms with Gasteiger partial charge in [0.05, 0.1) is 12.6 Å². The molecule has 1 unspecified atom stereocenters. The molecule has 8 heteroatoms. The van der Waals surface area contributed by atoms with Crippen molar-refractivity contribution in [3.8, 4) is 0 Å². The van der Waals surface area contributed by atoms with Crippen LogP contribution in [0.4, 0.5) is 10.9 Å². The van der Waals surface area contributed by atoms with Crippen LogP contribution in [0, 0.1) is 6.92 Å². The second kappa shape index (κ2) is 7.01. The zero-order chi connectivity index (χ0) is 16.2. The maximum absolute atomic E-state index is 11.3. The summed E-state index contributed by atoms with van der Waals surface area (Å²) >= 11 is 1.52. The molecule has 3 N–H and O–H groups in total.